The number of benzene rings is 1. The number of nitrogens with one attached hydrogen (secondary N) is 2. The zero-order valence-corrected chi connectivity index (χ0v) is 18.6. The van der Waals surface area contributed by atoms with E-state index in [0.29, 0.717) is 12.3 Å². The highest BCUT2D eigenvalue weighted by Gasteiger charge is 2.25. The van der Waals surface area contributed by atoms with Crippen LogP contribution >= 0.6 is 15.9 Å². The number of carbonyl (C=O) groups is 1. The van der Waals surface area contributed by atoms with Crippen molar-refractivity contribution in [2.45, 2.75) is 45.4 Å². The topological polar surface area (TPSA) is 56.7 Å². The Kier molecular flexibility index (Phi) is 8.14. The molecule has 1 aliphatic heterocycles. The smallest absolute Gasteiger partial charge is 0.220 e. The van der Waals surface area contributed by atoms with Gasteiger partial charge in [0.25, 0.3) is 0 Å². The van der Waals surface area contributed by atoms with E-state index in [-0.39, 0.29) is 11.3 Å². The Morgan fingerprint density at radius 2 is 1.89 bits per heavy atom. The number of carbonyl (C=O) groups excluding carboxylic acids is 1. The van der Waals surface area contributed by atoms with Crippen LogP contribution in [0.15, 0.2) is 33.7 Å². The Morgan fingerprint density at radius 1 is 1.26 bits per heavy atom. The molecule has 1 aromatic rings. The second-order valence-electron chi connectivity index (χ2n) is 7.87. The van der Waals surface area contributed by atoms with Crippen molar-refractivity contribution in [2.75, 3.05) is 33.2 Å². The lowest BCUT2D eigenvalue weighted by Gasteiger charge is -2.34. The quantitative estimate of drug-likeness (QED) is 0.529. The Bertz CT molecular complexity index is 634. The molecule has 2 rings (SSSR count). The van der Waals surface area contributed by atoms with Crippen LogP contribution in [-0.4, -0.2) is 50.0 Å². The van der Waals surface area contributed by atoms with Crippen molar-refractivity contribution in [3.63, 3.8) is 0 Å². The number of piperidine rings is 1. The number of nitrogens with zero attached hydrogens (tertiary/aromatic N) is 2. The molecule has 150 valence electrons. The van der Waals surface area contributed by atoms with Gasteiger partial charge in [0.15, 0.2) is 5.96 Å². The minimum absolute atomic E-state index is 0.0289. The molecule has 0 atom stereocenters. The van der Waals surface area contributed by atoms with Crippen molar-refractivity contribution in [1.29, 1.82) is 0 Å². The predicted molar refractivity (Wildman–Crippen MR) is 116 cm³/mol. The van der Waals surface area contributed by atoms with E-state index in [1.54, 1.807) is 7.05 Å². The Balaban J connectivity index is 2.00. The molecule has 2 N–H and O–H groups in total. The van der Waals surface area contributed by atoms with Gasteiger partial charge in [0.1, 0.15) is 0 Å². The van der Waals surface area contributed by atoms with Gasteiger partial charge in [-0.2, -0.15) is 0 Å². The molecule has 1 saturated heterocycles. The second-order valence-corrected chi connectivity index (χ2v) is 8.78. The maximum atomic E-state index is 11.6. The van der Waals surface area contributed by atoms with E-state index in [2.05, 4.69) is 76.5 Å². The van der Waals surface area contributed by atoms with E-state index in [1.807, 2.05) is 0 Å². The summed E-state index contributed by atoms with van der Waals surface area (Å²) in [6, 6.07) is 8.50. The van der Waals surface area contributed by atoms with Gasteiger partial charge in [-0.3, -0.25) is 9.79 Å². The van der Waals surface area contributed by atoms with Crippen molar-refractivity contribution in [1.82, 2.24) is 15.5 Å². The average molecular weight is 437 g/mol. The third kappa shape index (κ3) is 6.52. The van der Waals surface area contributed by atoms with E-state index >= 15 is 0 Å². The zero-order valence-electron chi connectivity index (χ0n) is 17.0. The zero-order chi connectivity index (χ0) is 19.9. The lowest BCUT2D eigenvalue weighted by Crippen LogP contribution is -2.46. The summed E-state index contributed by atoms with van der Waals surface area (Å²) < 4.78 is 1.10. The highest BCUT2D eigenvalue weighted by atomic mass is 79.9. The Morgan fingerprint density at radius 3 is 2.44 bits per heavy atom. The normalized spacial score (nSPS) is 16.3. The first-order chi connectivity index (χ1) is 12.9. The maximum Gasteiger partial charge on any atom is 0.220 e. The lowest BCUT2D eigenvalue weighted by molar-refractivity contribution is -0.121. The largest absolute Gasteiger partial charge is 0.359 e. The van der Waals surface area contributed by atoms with Crippen LogP contribution in [0.4, 0.5) is 0 Å². The lowest BCUT2D eigenvalue weighted by atomic mass is 9.85. The Labute approximate surface area is 172 Å². The van der Waals surface area contributed by atoms with Crippen LogP contribution in [0, 0.1) is 5.92 Å². The number of hydrogen-bond donors (Lipinski definition) is 2. The number of likely N-dealkylation sites (tertiary alicyclic amines) is 1. The van der Waals surface area contributed by atoms with Gasteiger partial charge in [-0.25, -0.2) is 0 Å². The van der Waals surface area contributed by atoms with Crippen LogP contribution in [0.3, 0.4) is 0 Å². The molecule has 0 aromatic heterocycles. The van der Waals surface area contributed by atoms with Gasteiger partial charge in [0, 0.05) is 43.0 Å². The standard InChI is InChI=1S/C21H33BrN4O/c1-5-24-20(26-12-10-16(11-13-26)14-19(27)23-4)25-15-21(2,3)17-6-8-18(22)9-7-17/h6-9,16H,5,10-15H2,1-4H3,(H,23,27)(H,24,25). The summed E-state index contributed by atoms with van der Waals surface area (Å²) in [6.45, 7) is 10.1. The van der Waals surface area contributed by atoms with Gasteiger partial charge in [0.2, 0.25) is 5.91 Å². The summed E-state index contributed by atoms with van der Waals surface area (Å²) >= 11 is 3.50. The number of hydrogen-bond acceptors (Lipinski definition) is 2. The molecule has 1 amide bonds. The van der Waals surface area contributed by atoms with Crippen LogP contribution in [0.25, 0.3) is 0 Å². The molecule has 1 aromatic carbocycles. The molecular formula is C21H33BrN4O. The number of guanidine groups is 1. The first-order valence-electron chi connectivity index (χ1n) is 9.85. The molecule has 1 fully saturated rings. The van der Waals surface area contributed by atoms with Crippen LogP contribution in [0.1, 0.15) is 45.6 Å². The average Bonchev–Trinajstić information content (AvgIpc) is 2.66. The molecule has 0 unspecified atom stereocenters. The predicted octanol–water partition coefficient (Wildman–Crippen LogP) is 3.54. The molecule has 0 spiro atoms. The fourth-order valence-electron chi connectivity index (χ4n) is 3.40. The summed E-state index contributed by atoms with van der Waals surface area (Å²) in [4.78, 5) is 18.9. The first-order valence-corrected chi connectivity index (χ1v) is 10.6. The molecule has 5 nitrogen and oxygen atoms in total. The highest BCUT2D eigenvalue weighted by Crippen LogP contribution is 2.26. The van der Waals surface area contributed by atoms with Gasteiger partial charge < -0.3 is 15.5 Å². The minimum Gasteiger partial charge on any atom is -0.359 e. The number of amides is 1. The van der Waals surface area contributed by atoms with Gasteiger partial charge in [0.05, 0.1) is 6.54 Å². The molecule has 0 saturated carbocycles. The molecule has 0 bridgehead atoms. The van der Waals surface area contributed by atoms with Gasteiger partial charge in [-0.15, -0.1) is 0 Å². The molecule has 1 heterocycles. The summed E-state index contributed by atoms with van der Waals surface area (Å²) in [6.07, 6.45) is 2.70. The van der Waals surface area contributed by atoms with E-state index in [0.717, 1.165) is 49.5 Å². The van der Waals surface area contributed by atoms with Crippen molar-refractivity contribution in [3.05, 3.63) is 34.3 Å². The van der Waals surface area contributed by atoms with Crippen LogP contribution in [0.5, 0.6) is 0 Å². The highest BCUT2D eigenvalue weighted by molar-refractivity contribution is 9.10. The van der Waals surface area contributed by atoms with Crippen LogP contribution < -0.4 is 10.6 Å². The van der Waals surface area contributed by atoms with E-state index in [1.165, 1.54) is 5.56 Å². The summed E-state index contributed by atoms with van der Waals surface area (Å²) in [7, 11) is 1.71. The first kappa shape index (κ1) is 21.7. The van der Waals surface area contributed by atoms with E-state index in [4.69, 9.17) is 4.99 Å². The van der Waals surface area contributed by atoms with E-state index in [9.17, 15) is 4.79 Å². The van der Waals surface area contributed by atoms with Gasteiger partial charge in [-0.1, -0.05) is 41.9 Å². The van der Waals surface area contributed by atoms with Crippen molar-refractivity contribution >= 4 is 27.8 Å². The molecule has 1 aliphatic rings. The molecular weight excluding hydrogens is 404 g/mol. The van der Waals surface area contributed by atoms with Crippen molar-refractivity contribution < 1.29 is 4.79 Å². The SMILES string of the molecule is CCNC(=NCC(C)(C)c1ccc(Br)cc1)N1CCC(CC(=O)NC)CC1. The third-order valence-electron chi connectivity index (χ3n) is 5.25. The fourth-order valence-corrected chi connectivity index (χ4v) is 3.67. The van der Waals surface area contributed by atoms with Gasteiger partial charge >= 0.3 is 0 Å². The number of halogens is 1. The van der Waals surface area contributed by atoms with Crippen LogP contribution in [-0.2, 0) is 10.2 Å². The van der Waals surface area contributed by atoms with Crippen LogP contribution in [0.2, 0.25) is 0 Å². The third-order valence-corrected chi connectivity index (χ3v) is 5.78. The number of rotatable bonds is 6. The van der Waals surface area contributed by atoms with Gasteiger partial charge in [-0.05, 0) is 43.4 Å². The van der Waals surface area contributed by atoms with Crippen molar-refractivity contribution in [3.8, 4) is 0 Å². The fraction of sp³-hybridized carbons (Fsp3) is 0.619. The molecule has 6 heteroatoms. The Hall–Kier alpha value is -1.56. The number of aliphatic imine (C=N–C) groups is 1. The van der Waals surface area contributed by atoms with E-state index < -0.39 is 0 Å². The summed E-state index contributed by atoms with van der Waals surface area (Å²) in [5.41, 5.74) is 1.26. The monoisotopic (exact) mass is 436 g/mol. The summed E-state index contributed by atoms with van der Waals surface area (Å²) in [5, 5.41) is 6.17. The molecule has 0 radical (unpaired) electrons. The van der Waals surface area contributed by atoms with Crippen molar-refractivity contribution in [2.24, 2.45) is 10.9 Å². The second kappa shape index (κ2) is 10.1. The molecule has 0 aliphatic carbocycles. The molecule has 27 heavy (non-hydrogen) atoms. The maximum absolute atomic E-state index is 11.6. The summed E-state index contributed by atoms with van der Waals surface area (Å²) in [5.74, 6) is 1.61. The minimum atomic E-state index is -0.0289.